The van der Waals surface area contributed by atoms with Crippen molar-refractivity contribution in [3.05, 3.63) is 101 Å². The molecule has 3 aromatic rings. The van der Waals surface area contributed by atoms with Crippen LogP contribution in [-0.2, 0) is 16.8 Å². The molecule has 156 valence electrons. The molecule has 2 aromatic carbocycles. The van der Waals surface area contributed by atoms with Gasteiger partial charge in [-0.25, -0.2) is 0 Å². The first-order valence-corrected chi connectivity index (χ1v) is 10.1. The van der Waals surface area contributed by atoms with Crippen LogP contribution in [0.1, 0.15) is 45.8 Å². The number of carbonyl (C=O) groups excluding carboxylic acids is 3. The van der Waals surface area contributed by atoms with Gasteiger partial charge in [-0.3, -0.25) is 24.3 Å². The molecule has 6 heteroatoms. The Morgan fingerprint density at radius 1 is 0.903 bits per heavy atom. The summed E-state index contributed by atoms with van der Waals surface area (Å²) in [7, 11) is 0. The largest absolute Gasteiger partial charge is 0.344 e. The van der Waals surface area contributed by atoms with Crippen molar-refractivity contribution in [2.75, 3.05) is 0 Å². The SMILES string of the molecule is CC(C)(NC(=O)[C@H](Cc1ccccc1)N1C(=O)c2ccccc2C1=O)c1ccccn1. The third-order valence-corrected chi connectivity index (χ3v) is 5.45. The normalized spacial score (nSPS) is 14.3. The molecule has 0 radical (unpaired) electrons. The number of fused-ring (bicyclic) bond motifs is 1. The van der Waals surface area contributed by atoms with E-state index in [1.165, 1.54) is 0 Å². The summed E-state index contributed by atoms with van der Waals surface area (Å²) in [6, 6.07) is 20.5. The lowest BCUT2D eigenvalue weighted by atomic mass is 9.97. The van der Waals surface area contributed by atoms with Crippen molar-refractivity contribution in [1.82, 2.24) is 15.2 Å². The van der Waals surface area contributed by atoms with E-state index in [0.29, 0.717) is 16.8 Å². The van der Waals surface area contributed by atoms with Gasteiger partial charge in [-0.05, 0) is 43.7 Å². The predicted octanol–water partition coefficient (Wildman–Crippen LogP) is 3.34. The molecule has 0 saturated heterocycles. The first kappa shape index (κ1) is 20.5. The maximum absolute atomic E-state index is 13.5. The zero-order valence-electron chi connectivity index (χ0n) is 17.4. The minimum absolute atomic E-state index is 0.219. The molecule has 0 bridgehead atoms. The van der Waals surface area contributed by atoms with Crippen molar-refractivity contribution in [2.45, 2.75) is 31.8 Å². The molecule has 2 heterocycles. The first-order chi connectivity index (χ1) is 14.9. The lowest BCUT2D eigenvalue weighted by molar-refractivity contribution is -0.126. The topological polar surface area (TPSA) is 79.4 Å². The molecule has 1 aliphatic rings. The third kappa shape index (κ3) is 3.97. The van der Waals surface area contributed by atoms with Crippen LogP contribution in [0.25, 0.3) is 0 Å². The number of nitrogens with zero attached hydrogens (tertiary/aromatic N) is 2. The number of amides is 3. The van der Waals surface area contributed by atoms with Crippen molar-refractivity contribution < 1.29 is 14.4 Å². The molecule has 3 amide bonds. The second kappa shape index (κ2) is 8.14. The number of benzene rings is 2. The fourth-order valence-corrected chi connectivity index (χ4v) is 3.82. The average Bonchev–Trinajstić information content (AvgIpc) is 3.03. The van der Waals surface area contributed by atoms with Crippen molar-refractivity contribution in [3.63, 3.8) is 0 Å². The highest BCUT2D eigenvalue weighted by atomic mass is 16.2. The van der Waals surface area contributed by atoms with E-state index in [-0.39, 0.29) is 6.42 Å². The smallest absolute Gasteiger partial charge is 0.262 e. The van der Waals surface area contributed by atoms with Crippen LogP contribution in [0, 0.1) is 0 Å². The lowest BCUT2D eigenvalue weighted by Gasteiger charge is -2.31. The predicted molar refractivity (Wildman–Crippen MR) is 116 cm³/mol. The number of carbonyl (C=O) groups is 3. The van der Waals surface area contributed by atoms with Crippen molar-refractivity contribution in [2.24, 2.45) is 0 Å². The van der Waals surface area contributed by atoms with E-state index in [1.807, 2.05) is 56.3 Å². The maximum atomic E-state index is 13.5. The van der Waals surface area contributed by atoms with Gasteiger partial charge in [0.25, 0.3) is 11.8 Å². The summed E-state index contributed by atoms with van der Waals surface area (Å²) < 4.78 is 0. The van der Waals surface area contributed by atoms with Crippen LogP contribution >= 0.6 is 0 Å². The Morgan fingerprint density at radius 2 is 1.48 bits per heavy atom. The number of hydrogen-bond acceptors (Lipinski definition) is 4. The zero-order valence-corrected chi connectivity index (χ0v) is 17.4. The minimum atomic E-state index is -0.988. The van der Waals surface area contributed by atoms with Gasteiger partial charge in [0.15, 0.2) is 0 Å². The molecule has 1 atom stereocenters. The van der Waals surface area contributed by atoms with Crippen molar-refractivity contribution in [3.8, 4) is 0 Å². The van der Waals surface area contributed by atoms with E-state index < -0.39 is 29.3 Å². The van der Waals surface area contributed by atoms with Crippen LogP contribution in [0.3, 0.4) is 0 Å². The number of pyridine rings is 1. The molecule has 0 saturated carbocycles. The van der Waals surface area contributed by atoms with Gasteiger partial charge in [0.05, 0.1) is 22.4 Å². The van der Waals surface area contributed by atoms with Gasteiger partial charge < -0.3 is 5.32 Å². The molecule has 0 aliphatic carbocycles. The second-order valence-corrected chi connectivity index (χ2v) is 8.06. The quantitative estimate of drug-likeness (QED) is 0.629. The fourth-order valence-electron chi connectivity index (χ4n) is 3.82. The van der Waals surface area contributed by atoms with Crippen LogP contribution < -0.4 is 5.32 Å². The van der Waals surface area contributed by atoms with Gasteiger partial charge in [-0.15, -0.1) is 0 Å². The van der Waals surface area contributed by atoms with Gasteiger partial charge in [0, 0.05) is 12.6 Å². The number of hydrogen-bond donors (Lipinski definition) is 1. The Kier molecular flexibility index (Phi) is 5.38. The molecule has 0 spiro atoms. The fraction of sp³-hybridized carbons (Fsp3) is 0.200. The summed E-state index contributed by atoms with van der Waals surface area (Å²) in [5.74, 6) is -1.31. The summed E-state index contributed by atoms with van der Waals surface area (Å²) in [5, 5.41) is 2.99. The van der Waals surface area contributed by atoms with Gasteiger partial charge in [-0.1, -0.05) is 48.5 Å². The van der Waals surface area contributed by atoms with E-state index in [9.17, 15) is 14.4 Å². The molecule has 4 rings (SSSR count). The van der Waals surface area contributed by atoms with E-state index in [1.54, 1.807) is 36.5 Å². The summed E-state index contributed by atoms with van der Waals surface area (Å²) in [4.78, 5) is 45.1. The Bertz CT molecular complexity index is 1090. The minimum Gasteiger partial charge on any atom is -0.344 e. The molecule has 31 heavy (non-hydrogen) atoms. The van der Waals surface area contributed by atoms with Gasteiger partial charge in [0.1, 0.15) is 6.04 Å². The van der Waals surface area contributed by atoms with E-state index in [0.717, 1.165) is 10.5 Å². The standard InChI is InChI=1S/C25H23N3O3/c1-25(2,21-14-8-9-15-26-21)27-22(29)20(16-17-10-4-3-5-11-17)28-23(30)18-12-6-7-13-19(18)24(28)31/h3-15,20H,16H2,1-2H3,(H,27,29)/t20-/m0/s1. The van der Waals surface area contributed by atoms with Crippen molar-refractivity contribution >= 4 is 17.7 Å². The Labute approximate surface area is 180 Å². The summed E-state index contributed by atoms with van der Waals surface area (Å²) in [5.41, 5.74) is 1.40. The monoisotopic (exact) mass is 413 g/mol. The number of imide groups is 1. The second-order valence-electron chi connectivity index (χ2n) is 8.06. The molecule has 6 nitrogen and oxygen atoms in total. The number of aromatic nitrogens is 1. The molecular formula is C25H23N3O3. The number of rotatable bonds is 6. The molecule has 0 fully saturated rings. The highest BCUT2D eigenvalue weighted by molar-refractivity contribution is 6.22. The van der Waals surface area contributed by atoms with Gasteiger partial charge >= 0.3 is 0 Å². The highest BCUT2D eigenvalue weighted by Crippen LogP contribution is 2.27. The molecular weight excluding hydrogens is 390 g/mol. The van der Waals surface area contributed by atoms with E-state index >= 15 is 0 Å². The van der Waals surface area contributed by atoms with Crippen LogP contribution in [0.5, 0.6) is 0 Å². The zero-order chi connectivity index (χ0) is 22.0. The Morgan fingerprint density at radius 3 is 2.06 bits per heavy atom. The maximum Gasteiger partial charge on any atom is 0.262 e. The van der Waals surface area contributed by atoms with Crippen LogP contribution in [-0.4, -0.2) is 33.6 Å². The summed E-state index contributed by atoms with van der Waals surface area (Å²) in [6.07, 6.45) is 1.88. The van der Waals surface area contributed by atoms with Crippen LogP contribution in [0.2, 0.25) is 0 Å². The average molecular weight is 413 g/mol. The van der Waals surface area contributed by atoms with E-state index in [4.69, 9.17) is 0 Å². The molecule has 1 aromatic heterocycles. The summed E-state index contributed by atoms with van der Waals surface area (Å²) >= 11 is 0. The summed E-state index contributed by atoms with van der Waals surface area (Å²) in [6.45, 7) is 3.68. The van der Waals surface area contributed by atoms with Gasteiger partial charge in [0.2, 0.25) is 5.91 Å². The third-order valence-electron chi connectivity index (χ3n) is 5.45. The van der Waals surface area contributed by atoms with Crippen LogP contribution in [0.4, 0.5) is 0 Å². The molecule has 0 unspecified atom stereocenters. The van der Waals surface area contributed by atoms with Gasteiger partial charge in [-0.2, -0.15) is 0 Å². The number of nitrogens with one attached hydrogen (secondary N) is 1. The first-order valence-electron chi connectivity index (χ1n) is 10.1. The molecule has 1 N–H and O–H groups in total. The molecule has 1 aliphatic heterocycles. The highest BCUT2D eigenvalue weighted by Gasteiger charge is 2.43. The Hall–Kier alpha value is -3.80. The van der Waals surface area contributed by atoms with E-state index in [2.05, 4.69) is 10.3 Å². The lowest BCUT2D eigenvalue weighted by Crippen LogP contribution is -2.54. The van der Waals surface area contributed by atoms with Crippen molar-refractivity contribution in [1.29, 1.82) is 0 Å². The Balaban J connectivity index is 1.68. The van der Waals surface area contributed by atoms with Crippen LogP contribution in [0.15, 0.2) is 79.0 Å².